The molecule has 0 aromatic rings. The van der Waals surface area contributed by atoms with E-state index in [0.717, 1.165) is 32.2 Å². The fourth-order valence-corrected chi connectivity index (χ4v) is 1.53. The monoisotopic (exact) mass is 185 g/mol. The average molecular weight is 185 g/mol. The van der Waals surface area contributed by atoms with Gasteiger partial charge in [0.2, 0.25) is 5.91 Å². The van der Waals surface area contributed by atoms with Gasteiger partial charge in [-0.05, 0) is 25.8 Å². The third-order valence-corrected chi connectivity index (χ3v) is 2.31. The molecule has 0 aromatic heterocycles. The van der Waals surface area contributed by atoms with Crippen molar-refractivity contribution < 1.29 is 4.79 Å². The molecule has 0 aromatic carbocycles. The van der Waals surface area contributed by atoms with Gasteiger partial charge in [0.15, 0.2) is 0 Å². The van der Waals surface area contributed by atoms with E-state index >= 15 is 0 Å². The number of hydrogen-bond acceptors (Lipinski definition) is 3. The van der Waals surface area contributed by atoms with Crippen molar-refractivity contribution in [3.05, 3.63) is 0 Å². The lowest BCUT2D eigenvalue weighted by molar-refractivity contribution is -0.123. The van der Waals surface area contributed by atoms with Gasteiger partial charge in [-0.1, -0.05) is 13.3 Å². The van der Waals surface area contributed by atoms with Gasteiger partial charge >= 0.3 is 0 Å². The lowest BCUT2D eigenvalue weighted by Crippen LogP contribution is -2.48. The van der Waals surface area contributed by atoms with E-state index in [1.54, 1.807) is 0 Å². The molecule has 1 aliphatic rings. The van der Waals surface area contributed by atoms with E-state index in [1.165, 1.54) is 0 Å². The zero-order valence-electron chi connectivity index (χ0n) is 8.18. The smallest absolute Gasteiger partial charge is 0.238 e. The molecule has 4 nitrogen and oxygen atoms in total. The molecule has 1 rings (SSSR count). The molecule has 0 radical (unpaired) electrons. The Labute approximate surface area is 79.3 Å². The van der Waals surface area contributed by atoms with Crippen LogP contribution in [0, 0.1) is 0 Å². The molecular formula is C9H19N3O. The predicted octanol–water partition coefficient (Wildman–Crippen LogP) is -0.0605. The second-order valence-corrected chi connectivity index (χ2v) is 3.55. The van der Waals surface area contributed by atoms with Crippen molar-refractivity contribution in [2.75, 3.05) is 6.54 Å². The van der Waals surface area contributed by atoms with Gasteiger partial charge in [-0.15, -0.1) is 0 Å². The van der Waals surface area contributed by atoms with Crippen LogP contribution in [0.1, 0.15) is 32.6 Å². The lowest BCUT2D eigenvalue weighted by atomic mass is 10.1. The minimum absolute atomic E-state index is 0.0266. The number of hydrogen-bond donors (Lipinski definition) is 3. The first-order chi connectivity index (χ1) is 6.24. The number of carbonyl (C=O) groups is 1. The molecule has 2 atom stereocenters. The van der Waals surface area contributed by atoms with Gasteiger partial charge in [-0.2, -0.15) is 0 Å². The Hall–Kier alpha value is -0.610. The van der Waals surface area contributed by atoms with Crippen molar-refractivity contribution in [2.24, 2.45) is 5.73 Å². The van der Waals surface area contributed by atoms with Gasteiger partial charge in [0.05, 0.1) is 12.2 Å². The molecule has 4 N–H and O–H groups in total. The molecule has 2 unspecified atom stereocenters. The number of carbonyl (C=O) groups excluding carboxylic acids is 1. The Morgan fingerprint density at radius 2 is 2.54 bits per heavy atom. The van der Waals surface area contributed by atoms with E-state index in [0.29, 0.717) is 0 Å². The van der Waals surface area contributed by atoms with Crippen molar-refractivity contribution in [3.8, 4) is 0 Å². The summed E-state index contributed by atoms with van der Waals surface area (Å²) in [5, 5.41) is 6.09. The Morgan fingerprint density at radius 1 is 1.77 bits per heavy atom. The maximum absolute atomic E-state index is 11.4. The standard InChI is InChI=1S/C9H19N3O/c1-2-4-7(10)9(13)12-8-5-3-6-11-8/h7-8,11H,2-6,10H2,1H3,(H,12,13). The molecule has 1 saturated heterocycles. The van der Waals surface area contributed by atoms with E-state index in [9.17, 15) is 4.79 Å². The summed E-state index contributed by atoms with van der Waals surface area (Å²) in [6, 6.07) is -0.340. The molecule has 13 heavy (non-hydrogen) atoms. The van der Waals surface area contributed by atoms with E-state index in [-0.39, 0.29) is 18.1 Å². The van der Waals surface area contributed by atoms with E-state index in [4.69, 9.17) is 5.73 Å². The molecule has 1 fully saturated rings. The summed E-state index contributed by atoms with van der Waals surface area (Å²) in [5.41, 5.74) is 5.67. The highest BCUT2D eigenvalue weighted by Gasteiger charge is 2.19. The minimum Gasteiger partial charge on any atom is -0.339 e. The summed E-state index contributed by atoms with van der Waals surface area (Å²) in [5.74, 6) is -0.0266. The largest absolute Gasteiger partial charge is 0.339 e. The van der Waals surface area contributed by atoms with Crippen LogP contribution in [-0.2, 0) is 4.79 Å². The van der Waals surface area contributed by atoms with Gasteiger partial charge in [0, 0.05) is 0 Å². The van der Waals surface area contributed by atoms with Crippen molar-refractivity contribution in [1.29, 1.82) is 0 Å². The van der Waals surface area contributed by atoms with E-state index in [1.807, 2.05) is 6.92 Å². The van der Waals surface area contributed by atoms with Crippen LogP contribution < -0.4 is 16.4 Å². The third kappa shape index (κ3) is 3.32. The first kappa shape index (κ1) is 10.5. The van der Waals surface area contributed by atoms with Crippen LogP contribution in [0.2, 0.25) is 0 Å². The quantitative estimate of drug-likeness (QED) is 0.575. The summed E-state index contributed by atoms with van der Waals surface area (Å²) in [4.78, 5) is 11.4. The van der Waals surface area contributed by atoms with Crippen LogP contribution in [0.4, 0.5) is 0 Å². The Balaban J connectivity index is 2.22. The van der Waals surface area contributed by atoms with Crippen LogP contribution in [0.3, 0.4) is 0 Å². The van der Waals surface area contributed by atoms with Gasteiger partial charge in [0.1, 0.15) is 0 Å². The Kier molecular flexibility index (Phi) is 4.18. The number of nitrogens with one attached hydrogen (secondary N) is 2. The van der Waals surface area contributed by atoms with Gasteiger partial charge in [0.25, 0.3) is 0 Å². The maximum atomic E-state index is 11.4. The van der Waals surface area contributed by atoms with Crippen molar-refractivity contribution in [3.63, 3.8) is 0 Å². The van der Waals surface area contributed by atoms with Crippen LogP contribution >= 0.6 is 0 Å². The fraction of sp³-hybridized carbons (Fsp3) is 0.889. The number of rotatable bonds is 4. The van der Waals surface area contributed by atoms with E-state index in [2.05, 4.69) is 10.6 Å². The van der Waals surface area contributed by atoms with Crippen LogP contribution in [0.25, 0.3) is 0 Å². The molecule has 0 spiro atoms. The second-order valence-electron chi connectivity index (χ2n) is 3.55. The normalized spacial score (nSPS) is 24.3. The van der Waals surface area contributed by atoms with Crippen molar-refractivity contribution in [1.82, 2.24) is 10.6 Å². The summed E-state index contributed by atoms with van der Waals surface area (Å²) in [6.07, 6.45) is 4.01. The lowest BCUT2D eigenvalue weighted by Gasteiger charge is -2.16. The molecule has 1 heterocycles. The van der Waals surface area contributed by atoms with Gasteiger partial charge in [-0.25, -0.2) is 0 Å². The van der Waals surface area contributed by atoms with Gasteiger partial charge < -0.3 is 11.1 Å². The summed E-state index contributed by atoms with van der Waals surface area (Å²) in [6.45, 7) is 3.02. The summed E-state index contributed by atoms with van der Waals surface area (Å²) < 4.78 is 0. The molecule has 4 heteroatoms. The molecule has 0 aliphatic carbocycles. The fourth-order valence-electron chi connectivity index (χ4n) is 1.53. The molecular weight excluding hydrogens is 166 g/mol. The first-order valence-electron chi connectivity index (χ1n) is 5.03. The zero-order valence-corrected chi connectivity index (χ0v) is 8.18. The highest BCUT2D eigenvalue weighted by atomic mass is 16.2. The highest BCUT2D eigenvalue weighted by molar-refractivity contribution is 5.81. The maximum Gasteiger partial charge on any atom is 0.238 e. The first-order valence-corrected chi connectivity index (χ1v) is 5.03. The van der Waals surface area contributed by atoms with Crippen LogP contribution in [0.15, 0.2) is 0 Å². The van der Waals surface area contributed by atoms with E-state index < -0.39 is 0 Å². The molecule has 1 aliphatic heterocycles. The average Bonchev–Trinajstić information content (AvgIpc) is 2.57. The van der Waals surface area contributed by atoms with Crippen molar-refractivity contribution >= 4 is 5.91 Å². The van der Waals surface area contributed by atoms with Crippen molar-refractivity contribution in [2.45, 2.75) is 44.8 Å². The predicted molar refractivity (Wildman–Crippen MR) is 52.1 cm³/mol. The molecule has 0 bridgehead atoms. The third-order valence-electron chi connectivity index (χ3n) is 2.31. The zero-order chi connectivity index (χ0) is 9.68. The number of nitrogens with two attached hydrogens (primary N) is 1. The molecule has 76 valence electrons. The van der Waals surface area contributed by atoms with Crippen LogP contribution in [0.5, 0.6) is 0 Å². The summed E-state index contributed by atoms with van der Waals surface area (Å²) in [7, 11) is 0. The molecule has 0 saturated carbocycles. The summed E-state index contributed by atoms with van der Waals surface area (Å²) >= 11 is 0. The Morgan fingerprint density at radius 3 is 3.08 bits per heavy atom. The topological polar surface area (TPSA) is 67.2 Å². The SMILES string of the molecule is CCCC(N)C(=O)NC1CCCN1. The van der Waals surface area contributed by atoms with Crippen LogP contribution in [-0.4, -0.2) is 24.7 Å². The minimum atomic E-state index is -0.340. The second kappa shape index (κ2) is 5.19. The Bertz CT molecular complexity index is 166. The molecule has 1 amide bonds. The van der Waals surface area contributed by atoms with Gasteiger partial charge in [-0.3, -0.25) is 10.1 Å². The highest BCUT2D eigenvalue weighted by Crippen LogP contribution is 2.02. The number of amides is 1.